The number of carbonyl (C=O) groups excluding carboxylic acids is 2. The van der Waals surface area contributed by atoms with Crippen molar-refractivity contribution in [1.29, 1.82) is 0 Å². The Hall–Kier alpha value is -1.15. The first-order valence-corrected chi connectivity index (χ1v) is 10.8. The molecule has 1 saturated carbocycles. The number of hydrogen-bond acceptors (Lipinski definition) is 5. The number of carbonyl (C=O) groups is 2. The van der Waals surface area contributed by atoms with Crippen LogP contribution >= 0.6 is 0 Å². The fourth-order valence-electron chi connectivity index (χ4n) is 3.84. The lowest BCUT2D eigenvalue weighted by atomic mass is 9.98. The first kappa shape index (κ1) is 17.7. The average molecular weight is 357 g/mol. The van der Waals surface area contributed by atoms with E-state index in [4.69, 9.17) is 0 Å². The second-order valence-corrected chi connectivity index (χ2v) is 9.74. The molecule has 136 valence electrons. The Bertz CT molecular complexity index is 602. The Kier molecular flexibility index (Phi) is 5.15. The highest BCUT2D eigenvalue weighted by atomic mass is 32.2. The summed E-state index contributed by atoms with van der Waals surface area (Å²) in [7, 11) is -2.97. The van der Waals surface area contributed by atoms with Gasteiger partial charge in [0.2, 0.25) is 11.8 Å². The first-order chi connectivity index (χ1) is 11.3. The van der Waals surface area contributed by atoms with Crippen molar-refractivity contribution < 1.29 is 18.0 Å². The van der Waals surface area contributed by atoms with Crippen LogP contribution in [0.25, 0.3) is 0 Å². The minimum absolute atomic E-state index is 0.0603. The normalized spacial score (nSPS) is 28.5. The molecule has 0 radical (unpaired) electrons. The van der Waals surface area contributed by atoms with Gasteiger partial charge in [-0.2, -0.15) is 0 Å². The van der Waals surface area contributed by atoms with Crippen LogP contribution < -0.4 is 5.32 Å². The number of nitrogens with zero attached hydrogens (tertiary/aromatic N) is 2. The van der Waals surface area contributed by atoms with E-state index in [1.807, 2.05) is 0 Å². The van der Waals surface area contributed by atoms with Gasteiger partial charge >= 0.3 is 0 Å². The summed E-state index contributed by atoms with van der Waals surface area (Å²) in [5.41, 5.74) is 0. The quantitative estimate of drug-likeness (QED) is 0.663. The highest BCUT2D eigenvalue weighted by molar-refractivity contribution is 7.90. The minimum atomic E-state index is -2.97. The summed E-state index contributed by atoms with van der Waals surface area (Å²) >= 11 is 0. The predicted octanol–water partition coefficient (Wildman–Crippen LogP) is -0.520. The van der Waals surface area contributed by atoms with Gasteiger partial charge in [0.15, 0.2) is 0 Å². The lowest BCUT2D eigenvalue weighted by molar-refractivity contribution is -0.133. The van der Waals surface area contributed by atoms with Gasteiger partial charge in [-0.05, 0) is 31.1 Å². The molecule has 0 aromatic rings. The Morgan fingerprint density at radius 2 is 2.04 bits per heavy atom. The molecule has 0 spiro atoms. The maximum atomic E-state index is 12.3. The molecular formula is C16H27N3O4S. The summed E-state index contributed by atoms with van der Waals surface area (Å²) in [6.45, 7) is 2.91. The van der Waals surface area contributed by atoms with Gasteiger partial charge in [-0.1, -0.05) is 0 Å². The molecule has 0 bridgehead atoms. The molecule has 3 fully saturated rings. The van der Waals surface area contributed by atoms with Crippen molar-refractivity contribution in [1.82, 2.24) is 15.1 Å². The fraction of sp³-hybridized carbons (Fsp3) is 0.875. The molecular weight excluding hydrogens is 330 g/mol. The van der Waals surface area contributed by atoms with Crippen molar-refractivity contribution >= 4 is 21.7 Å². The largest absolute Gasteiger partial charge is 0.350 e. The van der Waals surface area contributed by atoms with Crippen molar-refractivity contribution in [3.05, 3.63) is 0 Å². The Labute approximate surface area is 143 Å². The van der Waals surface area contributed by atoms with Crippen LogP contribution in [-0.4, -0.2) is 80.8 Å². The zero-order chi connectivity index (χ0) is 17.3. The van der Waals surface area contributed by atoms with Crippen molar-refractivity contribution in [2.75, 3.05) is 44.7 Å². The number of amides is 2. The number of nitrogens with one attached hydrogen (secondary N) is 1. The second-order valence-electron chi connectivity index (χ2n) is 7.48. The van der Waals surface area contributed by atoms with Crippen molar-refractivity contribution in [3.8, 4) is 0 Å². The molecule has 2 aliphatic heterocycles. The Morgan fingerprint density at radius 3 is 2.62 bits per heavy atom. The van der Waals surface area contributed by atoms with Crippen LogP contribution in [0.15, 0.2) is 0 Å². The Morgan fingerprint density at radius 1 is 1.29 bits per heavy atom. The third-order valence-corrected chi connectivity index (χ3v) is 6.22. The summed E-state index contributed by atoms with van der Waals surface area (Å²) < 4.78 is 22.7. The molecule has 24 heavy (non-hydrogen) atoms. The van der Waals surface area contributed by atoms with E-state index < -0.39 is 9.84 Å². The summed E-state index contributed by atoms with van der Waals surface area (Å²) in [6, 6.07) is 0.0715. The maximum Gasteiger partial charge on any atom is 0.239 e. The Balaban J connectivity index is 1.52. The van der Waals surface area contributed by atoms with E-state index in [0.717, 1.165) is 13.0 Å². The van der Waals surface area contributed by atoms with Gasteiger partial charge in [-0.25, -0.2) is 8.42 Å². The average Bonchev–Trinajstić information content (AvgIpc) is 3.14. The van der Waals surface area contributed by atoms with E-state index >= 15 is 0 Å². The second kappa shape index (κ2) is 7.00. The topological polar surface area (TPSA) is 86.8 Å². The fourth-order valence-corrected chi connectivity index (χ4v) is 4.43. The molecule has 2 amide bonds. The number of sulfone groups is 1. The molecule has 0 unspecified atom stereocenters. The highest BCUT2D eigenvalue weighted by Crippen LogP contribution is 2.41. The molecule has 2 heterocycles. The standard InChI is InChI=1S/C16H27N3O4S/c1-24(22,23)8-7-18-9-13(12-4-5-12)14(10-18)17-15(20)11-19-6-2-3-16(19)21/h12-14H,2-11H2,1H3,(H,17,20)/t13-,14+/m0/s1. The lowest BCUT2D eigenvalue weighted by Gasteiger charge is -2.22. The van der Waals surface area contributed by atoms with E-state index in [1.165, 1.54) is 19.1 Å². The van der Waals surface area contributed by atoms with Crippen LogP contribution in [0.4, 0.5) is 0 Å². The highest BCUT2D eigenvalue weighted by Gasteiger charge is 2.43. The van der Waals surface area contributed by atoms with Crippen molar-refractivity contribution in [3.63, 3.8) is 0 Å². The van der Waals surface area contributed by atoms with Gasteiger partial charge in [0.1, 0.15) is 9.84 Å². The smallest absolute Gasteiger partial charge is 0.239 e. The van der Waals surface area contributed by atoms with Gasteiger partial charge in [-0.3, -0.25) is 14.5 Å². The zero-order valence-corrected chi connectivity index (χ0v) is 15.1. The molecule has 0 aromatic carbocycles. The third kappa shape index (κ3) is 4.69. The van der Waals surface area contributed by atoms with Crippen LogP contribution in [0.2, 0.25) is 0 Å². The van der Waals surface area contributed by atoms with Crippen LogP contribution in [0.5, 0.6) is 0 Å². The molecule has 2 atom stereocenters. The molecule has 7 nitrogen and oxygen atoms in total. The molecule has 0 aromatic heterocycles. The minimum Gasteiger partial charge on any atom is -0.350 e. The van der Waals surface area contributed by atoms with Gasteiger partial charge in [-0.15, -0.1) is 0 Å². The predicted molar refractivity (Wildman–Crippen MR) is 90.1 cm³/mol. The summed E-state index contributed by atoms with van der Waals surface area (Å²) in [4.78, 5) is 27.7. The van der Waals surface area contributed by atoms with E-state index in [2.05, 4.69) is 10.2 Å². The van der Waals surface area contributed by atoms with Crippen LogP contribution in [-0.2, 0) is 19.4 Å². The van der Waals surface area contributed by atoms with Gasteiger partial charge in [0, 0.05) is 44.9 Å². The van der Waals surface area contributed by atoms with Gasteiger partial charge in [0.05, 0.1) is 12.3 Å². The molecule has 2 saturated heterocycles. The summed E-state index contributed by atoms with van der Waals surface area (Å²) in [5, 5.41) is 3.10. The molecule has 1 N–H and O–H groups in total. The van der Waals surface area contributed by atoms with E-state index in [9.17, 15) is 18.0 Å². The first-order valence-electron chi connectivity index (χ1n) is 8.79. The zero-order valence-electron chi connectivity index (χ0n) is 14.2. The molecule has 8 heteroatoms. The maximum absolute atomic E-state index is 12.3. The van der Waals surface area contributed by atoms with Crippen LogP contribution in [0.1, 0.15) is 25.7 Å². The van der Waals surface area contributed by atoms with Crippen molar-refractivity contribution in [2.45, 2.75) is 31.7 Å². The SMILES string of the molecule is CS(=O)(=O)CCN1C[C@@H](NC(=O)CN2CCCC2=O)[C@H](C2CC2)C1. The van der Waals surface area contributed by atoms with Crippen LogP contribution in [0, 0.1) is 11.8 Å². The number of rotatable bonds is 7. The van der Waals surface area contributed by atoms with E-state index in [1.54, 1.807) is 4.90 Å². The monoisotopic (exact) mass is 357 g/mol. The molecule has 3 rings (SSSR count). The van der Waals surface area contributed by atoms with E-state index in [-0.39, 0.29) is 30.2 Å². The van der Waals surface area contributed by atoms with Crippen molar-refractivity contribution in [2.24, 2.45) is 11.8 Å². The lowest BCUT2D eigenvalue weighted by Crippen LogP contribution is -2.46. The molecule has 3 aliphatic rings. The van der Waals surface area contributed by atoms with Gasteiger partial charge in [0.25, 0.3) is 0 Å². The number of likely N-dealkylation sites (tertiary alicyclic amines) is 2. The third-order valence-electron chi connectivity index (χ3n) is 5.30. The summed E-state index contributed by atoms with van der Waals surface area (Å²) in [6.07, 6.45) is 5.02. The number of hydrogen-bond donors (Lipinski definition) is 1. The summed E-state index contributed by atoms with van der Waals surface area (Å²) in [5.74, 6) is 1.18. The van der Waals surface area contributed by atoms with Crippen LogP contribution in [0.3, 0.4) is 0 Å². The molecule has 1 aliphatic carbocycles. The van der Waals surface area contributed by atoms with Gasteiger partial charge < -0.3 is 10.2 Å². The van der Waals surface area contributed by atoms with E-state index in [0.29, 0.717) is 37.9 Å².